The Morgan fingerprint density at radius 1 is 0.667 bits per heavy atom. The number of rotatable bonds is 3. The Morgan fingerprint density at radius 3 is 1.82 bits per heavy atom. The minimum absolute atomic E-state index is 0.0145. The first-order valence-electron chi connectivity index (χ1n) is 12.3. The summed E-state index contributed by atoms with van der Waals surface area (Å²) in [5.41, 5.74) is 7.81. The molecule has 2 aromatic rings. The Bertz CT molecular complexity index is 1090. The summed E-state index contributed by atoms with van der Waals surface area (Å²) in [4.78, 5) is 0. The molecule has 0 unspecified atom stereocenters. The fraction of sp³-hybridized carbons (Fsp3) is 0.571. The zero-order valence-corrected chi connectivity index (χ0v) is 20.0. The molecule has 2 heterocycles. The first-order valence-corrected chi connectivity index (χ1v) is 12.3. The Kier molecular flexibility index (Phi) is 4.94. The molecular formula is C28H34O5. The zero-order valence-electron chi connectivity index (χ0n) is 20.0. The quantitative estimate of drug-likeness (QED) is 0.751. The predicted octanol–water partition coefficient (Wildman–Crippen LogP) is 4.41. The molecule has 33 heavy (non-hydrogen) atoms. The molecule has 0 amide bonds. The number of hydrogen-bond donors (Lipinski definition) is 1. The van der Waals surface area contributed by atoms with Crippen LogP contribution in [0.3, 0.4) is 0 Å². The summed E-state index contributed by atoms with van der Waals surface area (Å²) < 4.78 is 24.6. The van der Waals surface area contributed by atoms with Crippen molar-refractivity contribution in [3.05, 3.63) is 63.7 Å². The van der Waals surface area contributed by atoms with Crippen LogP contribution in [0.15, 0.2) is 30.3 Å². The highest BCUT2D eigenvalue weighted by molar-refractivity contribution is 5.48. The number of benzene rings is 2. The first-order chi connectivity index (χ1) is 15.7. The van der Waals surface area contributed by atoms with E-state index in [0.717, 1.165) is 37.7 Å². The van der Waals surface area contributed by atoms with Crippen LogP contribution in [-0.2, 0) is 57.5 Å². The van der Waals surface area contributed by atoms with Crippen LogP contribution in [0.2, 0.25) is 0 Å². The molecule has 1 N–H and O–H groups in total. The van der Waals surface area contributed by atoms with Gasteiger partial charge in [-0.2, -0.15) is 0 Å². The van der Waals surface area contributed by atoms with Gasteiger partial charge >= 0.3 is 0 Å². The van der Waals surface area contributed by atoms with Crippen LogP contribution >= 0.6 is 0 Å². The summed E-state index contributed by atoms with van der Waals surface area (Å²) in [6.45, 7) is 7.96. The van der Waals surface area contributed by atoms with E-state index in [2.05, 4.69) is 24.3 Å². The third-order valence-electron chi connectivity index (χ3n) is 7.74. The van der Waals surface area contributed by atoms with E-state index < -0.39 is 11.6 Å². The number of fused-ring (bicyclic) bond motifs is 4. The van der Waals surface area contributed by atoms with Crippen LogP contribution in [0, 0.1) is 0 Å². The van der Waals surface area contributed by atoms with E-state index in [1.165, 1.54) is 27.8 Å². The van der Waals surface area contributed by atoms with Crippen LogP contribution in [0.5, 0.6) is 5.75 Å². The second-order valence-corrected chi connectivity index (χ2v) is 11.0. The first kappa shape index (κ1) is 21.6. The fourth-order valence-electron chi connectivity index (χ4n) is 6.42. The normalized spacial score (nSPS) is 30.9. The van der Waals surface area contributed by atoms with Gasteiger partial charge in [-0.3, -0.25) is 0 Å². The lowest BCUT2D eigenvalue weighted by Crippen LogP contribution is -2.33. The maximum absolute atomic E-state index is 10.6. The summed E-state index contributed by atoms with van der Waals surface area (Å²) in [6, 6.07) is 10.6. The highest BCUT2D eigenvalue weighted by Gasteiger charge is 2.45. The largest absolute Gasteiger partial charge is 0.508 e. The van der Waals surface area contributed by atoms with Gasteiger partial charge in [0.05, 0.1) is 24.4 Å². The van der Waals surface area contributed by atoms with Gasteiger partial charge in [-0.1, -0.05) is 24.3 Å². The summed E-state index contributed by atoms with van der Waals surface area (Å²) in [5.74, 6) is -0.680. The fourth-order valence-corrected chi connectivity index (χ4v) is 6.42. The van der Waals surface area contributed by atoms with Crippen molar-refractivity contribution < 1.29 is 24.1 Å². The number of phenolic OH excluding ortho intramolecular Hbond substituents is 1. The molecule has 2 fully saturated rings. The van der Waals surface area contributed by atoms with E-state index in [0.29, 0.717) is 12.2 Å². The minimum Gasteiger partial charge on any atom is -0.508 e. The Morgan fingerprint density at radius 2 is 1.18 bits per heavy atom. The van der Waals surface area contributed by atoms with Crippen LogP contribution < -0.4 is 0 Å². The second-order valence-electron chi connectivity index (χ2n) is 11.0. The topological polar surface area (TPSA) is 57.2 Å². The Balaban J connectivity index is 1.24. The lowest BCUT2D eigenvalue weighted by molar-refractivity contribution is -0.145. The molecule has 2 aliphatic heterocycles. The molecule has 0 spiro atoms. The highest BCUT2D eigenvalue weighted by Crippen LogP contribution is 2.41. The molecule has 2 aromatic carbocycles. The van der Waals surface area contributed by atoms with Crippen LogP contribution in [0.25, 0.3) is 0 Å². The van der Waals surface area contributed by atoms with Gasteiger partial charge in [0.2, 0.25) is 0 Å². The molecule has 0 bridgehead atoms. The molecular weight excluding hydrogens is 416 g/mol. The minimum atomic E-state index is -0.561. The van der Waals surface area contributed by atoms with E-state index in [1.807, 2.05) is 33.8 Å². The smallest absolute Gasteiger partial charge is 0.163 e. The van der Waals surface area contributed by atoms with Gasteiger partial charge in [0.15, 0.2) is 11.6 Å². The average molecular weight is 451 g/mol. The van der Waals surface area contributed by atoms with Crippen molar-refractivity contribution in [3.63, 3.8) is 0 Å². The molecule has 0 saturated carbocycles. The van der Waals surface area contributed by atoms with Gasteiger partial charge in [0.1, 0.15) is 5.75 Å². The summed E-state index contributed by atoms with van der Waals surface area (Å²) in [5, 5.41) is 10.6. The summed E-state index contributed by atoms with van der Waals surface area (Å²) in [7, 11) is 0. The molecule has 2 saturated heterocycles. The molecule has 0 radical (unpaired) electrons. The maximum atomic E-state index is 10.6. The number of aromatic hydroxyl groups is 1. The third-order valence-corrected chi connectivity index (χ3v) is 7.74. The zero-order chi connectivity index (χ0) is 23.0. The van der Waals surface area contributed by atoms with Crippen molar-refractivity contribution in [1.29, 1.82) is 0 Å². The molecule has 4 atom stereocenters. The van der Waals surface area contributed by atoms with Crippen LogP contribution in [0.4, 0.5) is 0 Å². The van der Waals surface area contributed by atoms with Gasteiger partial charge < -0.3 is 24.1 Å². The monoisotopic (exact) mass is 450 g/mol. The van der Waals surface area contributed by atoms with E-state index in [9.17, 15) is 5.11 Å². The SMILES string of the molecule is CC1(C)O[C@H]2Cc3cccc(CCc4ccc(O)c5c4C[C@H]4OC(C)(C)O[C@H]4C5)c3C[C@H]2O1. The van der Waals surface area contributed by atoms with Crippen molar-refractivity contribution in [1.82, 2.24) is 0 Å². The summed E-state index contributed by atoms with van der Waals surface area (Å²) >= 11 is 0. The molecule has 5 nitrogen and oxygen atoms in total. The van der Waals surface area contributed by atoms with Gasteiger partial charge in [0.25, 0.3) is 0 Å². The standard InChI is InChI=1S/C28H34O5/c1-27(2)30-23-12-18-7-5-6-16(19(18)13-24(23)31-27)8-9-17-10-11-22(29)21-15-26-25(14-20(17)21)32-28(3,4)33-26/h5-7,10-11,23-26,29H,8-9,12-15H2,1-4H3/t23-,24+,25+,26-/m0/s1. The van der Waals surface area contributed by atoms with Crippen LogP contribution in [0.1, 0.15) is 61.1 Å². The van der Waals surface area contributed by atoms with Gasteiger partial charge in [0, 0.05) is 31.2 Å². The van der Waals surface area contributed by atoms with Crippen molar-refractivity contribution in [2.75, 3.05) is 0 Å². The van der Waals surface area contributed by atoms with E-state index in [1.54, 1.807) is 0 Å². The highest BCUT2D eigenvalue weighted by atomic mass is 16.8. The number of hydrogen-bond acceptors (Lipinski definition) is 5. The van der Waals surface area contributed by atoms with Gasteiger partial charge in [-0.15, -0.1) is 0 Å². The van der Waals surface area contributed by atoms with E-state index >= 15 is 0 Å². The Hall–Kier alpha value is -1.92. The number of phenols is 1. The summed E-state index contributed by atoms with van der Waals surface area (Å²) in [6.07, 6.45) is 5.60. The lowest BCUT2D eigenvalue weighted by Gasteiger charge is -2.29. The van der Waals surface area contributed by atoms with E-state index in [4.69, 9.17) is 18.9 Å². The molecule has 6 rings (SSSR count). The number of ether oxygens (including phenoxy) is 4. The van der Waals surface area contributed by atoms with Gasteiger partial charge in [-0.05, 0) is 74.4 Å². The molecule has 0 aromatic heterocycles. The second kappa shape index (κ2) is 7.54. The van der Waals surface area contributed by atoms with Crippen molar-refractivity contribution >= 4 is 0 Å². The van der Waals surface area contributed by atoms with Crippen LogP contribution in [-0.4, -0.2) is 41.1 Å². The molecule has 4 aliphatic rings. The predicted molar refractivity (Wildman–Crippen MR) is 124 cm³/mol. The molecule has 5 heteroatoms. The van der Waals surface area contributed by atoms with Crippen molar-refractivity contribution in [3.8, 4) is 5.75 Å². The Labute approximate surface area is 196 Å². The van der Waals surface area contributed by atoms with Gasteiger partial charge in [-0.25, -0.2) is 0 Å². The third kappa shape index (κ3) is 3.89. The van der Waals surface area contributed by atoms with Crippen molar-refractivity contribution in [2.45, 2.75) is 102 Å². The maximum Gasteiger partial charge on any atom is 0.163 e. The molecule has 176 valence electrons. The average Bonchev–Trinajstić information content (AvgIpc) is 3.21. The van der Waals surface area contributed by atoms with Crippen molar-refractivity contribution in [2.24, 2.45) is 0 Å². The van der Waals surface area contributed by atoms with E-state index in [-0.39, 0.29) is 24.4 Å². The molecule has 2 aliphatic carbocycles. The lowest BCUT2D eigenvalue weighted by atomic mass is 9.81. The number of aryl methyl sites for hydroxylation is 2.